The number of amides is 1. The number of non-ortho nitro benzene ring substituents is 1. The Balaban J connectivity index is 1.29. The lowest BCUT2D eigenvalue weighted by Gasteiger charge is -2.37. The van der Waals surface area contributed by atoms with Crippen molar-refractivity contribution in [1.29, 1.82) is 0 Å². The van der Waals surface area contributed by atoms with Crippen molar-refractivity contribution in [3.63, 3.8) is 0 Å². The summed E-state index contributed by atoms with van der Waals surface area (Å²) in [6, 6.07) is 38.2. The first kappa shape index (κ1) is 29.9. The van der Waals surface area contributed by atoms with Crippen LogP contribution in [-0.2, 0) is 16.1 Å². The quantitative estimate of drug-likeness (QED) is 0.106. The van der Waals surface area contributed by atoms with Crippen molar-refractivity contribution in [2.45, 2.75) is 41.9 Å². The number of hydrogen-bond donors (Lipinski definition) is 0. The number of hydrogen-bond acceptors (Lipinski definition) is 6. The van der Waals surface area contributed by atoms with Crippen LogP contribution in [0.2, 0.25) is 0 Å². The monoisotopic (exact) mass is 607 g/mol. The molecule has 6 rings (SSSR count). The second-order valence-electron chi connectivity index (χ2n) is 11.5. The van der Waals surface area contributed by atoms with Crippen LogP contribution in [0.3, 0.4) is 0 Å². The van der Waals surface area contributed by atoms with Gasteiger partial charge in [0.05, 0.1) is 9.67 Å². The lowest BCUT2D eigenvalue weighted by molar-refractivity contribution is -0.384. The zero-order chi connectivity index (χ0) is 30.4. The molecular formula is C36H37N3O4S. The topological polar surface area (TPSA) is 75.9 Å². The van der Waals surface area contributed by atoms with Gasteiger partial charge in [-0.15, -0.1) is 11.8 Å². The fraction of sp³-hybridized carbons (Fsp3) is 0.306. The van der Waals surface area contributed by atoms with E-state index in [9.17, 15) is 14.9 Å². The Morgan fingerprint density at radius 1 is 0.818 bits per heavy atom. The lowest BCUT2D eigenvalue weighted by atomic mass is 9.84. The van der Waals surface area contributed by atoms with Crippen LogP contribution in [0.5, 0.6) is 0 Å². The maximum atomic E-state index is 13.7. The number of nitro groups is 1. The van der Waals surface area contributed by atoms with Gasteiger partial charge in [-0.3, -0.25) is 10.1 Å². The summed E-state index contributed by atoms with van der Waals surface area (Å²) >= 11 is 1.93. The third kappa shape index (κ3) is 6.51. The molecule has 8 heteroatoms. The standard InChI is InChI=1S/C36H37N3O4S/c40-35(43-27-28-18-20-32(21-19-28)39(41)42)38-26-34(24-33(38)25-37-22-10-11-23-37)44-36(29-12-4-1-5-13-29,30-14-6-2-7-15-30)31-16-8-3-9-17-31/h1-9,12-21,33-34H,10-11,22-27H2/t33-,34-/m0/s1. The zero-order valence-electron chi connectivity index (χ0n) is 24.7. The average molecular weight is 608 g/mol. The van der Waals surface area contributed by atoms with Gasteiger partial charge in [-0.05, 0) is 66.7 Å². The Kier molecular flexibility index (Phi) is 9.28. The van der Waals surface area contributed by atoms with Gasteiger partial charge >= 0.3 is 6.09 Å². The SMILES string of the molecule is O=C(OCc1ccc([N+](=O)[O-])cc1)N1C[C@@H](SC(c2ccccc2)(c2ccccc2)c2ccccc2)C[C@H]1CN1CCCC1. The molecule has 2 aliphatic heterocycles. The van der Waals surface area contributed by atoms with Crippen molar-refractivity contribution in [1.82, 2.24) is 9.80 Å². The number of thioether (sulfide) groups is 1. The first-order valence-electron chi connectivity index (χ1n) is 15.3. The van der Waals surface area contributed by atoms with Crippen LogP contribution in [0.15, 0.2) is 115 Å². The molecule has 2 fully saturated rings. The number of carbonyl (C=O) groups is 1. The van der Waals surface area contributed by atoms with E-state index >= 15 is 0 Å². The minimum Gasteiger partial charge on any atom is -0.445 e. The largest absolute Gasteiger partial charge is 0.445 e. The predicted molar refractivity (Wildman–Crippen MR) is 175 cm³/mol. The summed E-state index contributed by atoms with van der Waals surface area (Å²) in [7, 11) is 0. The molecule has 44 heavy (non-hydrogen) atoms. The molecule has 0 aromatic heterocycles. The Hall–Kier alpha value is -4.14. The van der Waals surface area contributed by atoms with E-state index in [0.29, 0.717) is 6.54 Å². The number of carbonyl (C=O) groups excluding carboxylic acids is 1. The zero-order valence-corrected chi connectivity index (χ0v) is 25.5. The molecular weight excluding hydrogens is 570 g/mol. The molecule has 0 radical (unpaired) electrons. The Bertz CT molecular complexity index is 1430. The van der Waals surface area contributed by atoms with E-state index < -0.39 is 9.67 Å². The fourth-order valence-electron chi connectivity index (χ4n) is 6.53. The van der Waals surface area contributed by atoms with E-state index in [4.69, 9.17) is 4.74 Å². The fourth-order valence-corrected chi connectivity index (χ4v) is 8.40. The van der Waals surface area contributed by atoms with Crippen LogP contribution >= 0.6 is 11.8 Å². The van der Waals surface area contributed by atoms with E-state index in [0.717, 1.165) is 31.6 Å². The van der Waals surface area contributed by atoms with E-state index in [1.54, 1.807) is 12.1 Å². The summed E-state index contributed by atoms with van der Waals surface area (Å²) in [5.74, 6) is 0. The van der Waals surface area contributed by atoms with Gasteiger partial charge in [-0.25, -0.2) is 4.79 Å². The number of nitrogens with zero attached hydrogens (tertiary/aromatic N) is 3. The van der Waals surface area contributed by atoms with Crippen molar-refractivity contribution >= 4 is 23.5 Å². The summed E-state index contributed by atoms with van der Waals surface area (Å²) < 4.78 is 5.36. The van der Waals surface area contributed by atoms with Gasteiger partial charge in [0, 0.05) is 36.5 Å². The second kappa shape index (κ2) is 13.7. The number of nitro benzene ring substituents is 1. The molecule has 4 aromatic carbocycles. The molecule has 2 saturated heterocycles. The highest BCUT2D eigenvalue weighted by atomic mass is 32.2. The van der Waals surface area contributed by atoms with Gasteiger partial charge < -0.3 is 14.5 Å². The summed E-state index contributed by atoms with van der Waals surface area (Å²) in [6.45, 7) is 3.60. The molecule has 2 heterocycles. The smallest absolute Gasteiger partial charge is 0.410 e. The van der Waals surface area contributed by atoms with Crippen LogP contribution in [0.1, 0.15) is 41.5 Å². The van der Waals surface area contributed by atoms with E-state index in [1.807, 2.05) is 16.7 Å². The minimum absolute atomic E-state index is 0.0175. The first-order valence-corrected chi connectivity index (χ1v) is 16.1. The lowest BCUT2D eigenvalue weighted by Crippen LogP contribution is -2.42. The van der Waals surface area contributed by atoms with Gasteiger partial charge in [0.15, 0.2) is 0 Å². The van der Waals surface area contributed by atoms with Crippen molar-refractivity contribution in [2.24, 2.45) is 0 Å². The van der Waals surface area contributed by atoms with Crippen LogP contribution in [0, 0.1) is 10.1 Å². The molecule has 0 saturated carbocycles. The summed E-state index contributed by atoms with van der Waals surface area (Å²) in [4.78, 5) is 28.7. The molecule has 0 unspecified atom stereocenters. The molecule has 0 aliphatic carbocycles. The molecule has 0 bridgehead atoms. The normalized spacial score (nSPS) is 18.8. The van der Waals surface area contributed by atoms with Crippen LogP contribution in [-0.4, -0.2) is 58.3 Å². The highest BCUT2D eigenvalue weighted by Gasteiger charge is 2.45. The molecule has 2 atom stereocenters. The summed E-state index contributed by atoms with van der Waals surface area (Å²) in [5, 5.41) is 11.2. The van der Waals surface area contributed by atoms with Crippen molar-refractivity contribution in [3.8, 4) is 0 Å². The molecule has 7 nitrogen and oxygen atoms in total. The van der Waals surface area contributed by atoms with E-state index in [1.165, 1.54) is 41.7 Å². The summed E-state index contributed by atoms with van der Waals surface area (Å²) in [6.07, 6.45) is 2.91. The van der Waals surface area contributed by atoms with Gasteiger partial charge in [-0.1, -0.05) is 91.0 Å². The van der Waals surface area contributed by atoms with Gasteiger partial charge in [0.1, 0.15) is 6.61 Å². The number of benzene rings is 4. The maximum Gasteiger partial charge on any atom is 0.410 e. The molecule has 4 aromatic rings. The highest BCUT2D eigenvalue weighted by molar-refractivity contribution is 8.01. The maximum absolute atomic E-state index is 13.7. The number of likely N-dealkylation sites (tertiary alicyclic amines) is 2. The van der Waals surface area contributed by atoms with E-state index in [-0.39, 0.29) is 29.7 Å². The van der Waals surface area contributed by atoms with Crippen LogP contribution in [0.25, 0.3) is 0 Å². The second-order valence-corrected chi connectivity index (χ2v) is 13.1. The van der Waals surface area contributed by atoms with Gasteiger partial charge in [-0.2, -0.15) is 0 Å². The third-order valence-corrected chi connectivity index (χ3v) is 10.4. The minimum atomic E-state index is -0.467. The van der Waals surface area contributed by atoms with Crippen molar-refractivity contribution in [2.75, 3.05) is 26.2 Å². The molecule has 0 spiro atoms. The Morgan fingerprint density at radius 2 is 1.34 bits per heavy atom. The molecule has 0 N–H and O–H groups in total. The van der Waals surface area contributed by atoms with Crippen LogP contribution in [0.4, 0.5) is 10.5 Å². The Morgan fingerprint density at radius 3 is 1.84 bits per heavy atom. The first-order chi connectivity index (χ1) is 21.5. The Labute approximate surface area is 263 Å². The van der Waals surface area contributed by atoms with Gasteiger partial charge in [0.25, 0.3) is 5.69 Å². The number of rotatable bonds is 10. The number of ether oxygens (including phenoxy) is 1. The van der Waals surface area contributed by atoms with Crippen LogP contribution < -0.4 is 0 Å². The van der Waals surface area contributed by atoms with Gasteiger partial charge in [0.2, 0.25) is 0 Å². The molecule has 1 amide bonds. The van der Waals surface area contributed by atoms with E-state index in [2.05, 4.69) is 95.9 Å². The summed E-state index contributed by atoms with van der Waals surface area (Å²) in [5.41, 5.74) is 4.36. The third-order valence-electron chi connectivity index (χ3n) is 8.67. The molecule has 2 aliphatic rings. The molecule has 226 valence electrons. The van der Waals surface area contributed by atoms with Crippen molar-refractivity contribution < 1.29 is 14.5 Å². The predicted octanol–water partition coefficient (Wildman–Crippen LogP) is 7.50. The average Bonchev–Trinajstić information content (AvgIpc) is 3.74. The highest BCUT2D eigenvalue weighted by Crippen LogP contribution is 2.52. The van der Waals surface area contributed by atoms with Crippen molar-refractivity contribution in [3.05, 3.63) is 148 Å².